The first-order valence-corrected chi connectivity index (χ1v) is 8.34. The van der Waals surface area contributed by atoms with Gasteiger partial charge in [-0.25, -0.2) is 9.78 Å². The number of benzene rings is 1. The second-order valence-corrected chi connectivity index (χ2v) is 7.55. The standard InChI is InChI=1S/C16H19Cl2N3O2/c1-16(2,3)23-15(22)21-6-4-5-13(21)14-19-11-7-9(17)10(18)8-12(11)20-14/h7-8,13H,4-6H2,1-3H3,(H,19,20)/t13-/m0/s1. The molecule has 1 aliphatic rings. The fourth-order valence-corrected chi connectivity index (χ4v) is 3.09. The number of amides is 1. The Morgan fingerprint density at radius 2 is 2.04 bits per heavy atom. The highest BCUT2D eigenvalue weighted by atomic mass is 35.5. The molecule has 1 aliphatic heterocycles. The van der Waals surface area contributed by atoms with Crippen molar-refractivity contribution in [1.29, 1.82) is 0 Å². The quantitative estimate of drug-likeness (QED) is 0.787. The van der Waals surface area contributed by atoms with Crippen LogP contribution in [-0.4, -0.2) is 33.1 Å². The maximum atomic E-state index is 12.4. The van der Waals surface area contributed by atoms with Gasteiger partial charge in [0.1, 0.15) is 11.4 Å². The van der Waals surface area contributed by atoms with E-state index in [1.54, 1.807) is 17.0 Å². The van der Waals surface area contributed by atoms with E-state index in [4.69, 9.17) is 27.9 Å². The van der Waals surface area contributed by atoms with E-state index in [0.717, 1.165) is 29.7 Å². The molecule has 2 aromatic rings. The van der Waals surface area contributed by atoms with E-state index in [9.17, 15) is 4.79 Å². The van der Waals surface area contributed by atoms with Crippen LogP contribution < -0.4 is 0 Å². The van der Waals surface area contributed by atoms with Crippen molar-refractivity contribution in [3.05, 3.63) is 28.0 Å². The predicted molar refractivity (Wildman–Crippen MR) is 91.0 cm³/mol. The Labute approximate surface area is 144 Å². The van der Waals surface area contributed by atoms with Crippen LogP contribution in [0.25, 0.3) is 11.0 Å². The molecule has 0 spiro atoms. The van der Waals surface area contributed by atoms with Gasteiger partial charge in [-0.2, -0.15) is 0 Å². The third-order valence-corrected chi connectivity index (χ3v) is 4.46. The normalized spacial score (nSPS) is 18.7. The summed E-state index contributed by atoms with van der Waals surface area (Å²) >= 11 is 12.1. The Kier molecular flexibility index (Phi) is 4.19. The molecule has 3 rings (SSSR count). The first-order chi connectivity index (χ1) is 10.7. The number of fused-ring (bicyclic) bond motifs is 1. The fourth-order valence-electron chi connectivity index (χ4n) is 2.77. The van der Waals surface area contributed by atoms with E-state index in [2.05, 4.69) is 9.97 Å². The van der Waals surface area contributed by atoms with Crippen LogP contribution in [0.15, 0.2) is 12.1 Å². The molecule has 1 atom stereocenters. The van der Waals surface area contributed by atoms with E-state index in [0.29, 0.717) is 16.6 Å². The lowest BCUT2D eigenvalue weighted by Gasteiger charge is -2.27. The molecule has 1 fully saturated rings. The molecule has 1 saturated heterocycles. The summed E-state index contributed by atoms with van der Waals surface area (Å²) in [4.78, 5) is 21.9. The van der Waals surface area contributed by atoms with Gasteiger partial charge in [-0.3, -0.25) is 4.90 Å². The molecule has 0 bridgehead atoms. The third-order valence-electron chi connectivity index (χ3n) is 3.74. The number of hydrogen-bond acceptors (Lipinski definition) is 3. The number of rotatable bonds is 1. The zero-order valence-electron chi connectivity index (χ0n) is 13.3. The maximum absolute atomic E-state index is 12.4. The van der Waals surface area contributed by atoms with Gasteiger partial charge < -0.3 is 9.72 Å². The number of nitrogens with one attached hydrogen (secondary N) is 1. The molecule has 124 valence electrons. The molecular weight excluding hydrogens is 337 g/mol. The minimum atomic E-state index is -0.515. The van der Waals surface area contributed by atoms with Crippen molar-refractivity contribution in [3.8, 4) is 0 Å². The molecule has 0 unspecified atom stereocenters. The molecule has 1 amide bonds. The monoisotopic (exact) mass is 355 g/mol. The Morgan fingerprint density at radius 1 is 1.35 bits per heavy atom. The first kappa shape index (κ1) is 16.4. The second kappa shape index (κ2) is 5.87. The van der Waals surface area contributed by atoms with Crippen molar-refractivity contribution in [2.75, 3.05) is 6.54 Å². The Balaban J connectivity index is 1.89. The van der Waals surface area contributed by atoms with E-state index >= 15 is 0 Å². The van der Waals surface area contributed by atoms with E-state index in [1.807, 2.05) is 20.8 Å². The topological polar surface area (TPSA) is 58.2 Å². The Bertz CT molecular complexity index is 713. The van der Waals surface area contributed by atoms with Gasteiger partial charge in [-0.1, -0.05) is 23.2 Å². The molecule has 23 heavy (non-hydrogen) atoms. The van der Waals surface area contributed by atoms with Gasteiger partial charge in [0, 0.05) is 6.54 Å². The van der Waals surface area contributed by atoms with Gasteiger partial charge in [0.15, 0.2) is 0 Å². The van der Waals surface area contributed by atoms with Gasteiger partial charge in [0.25, 0.3) is 0 Å². The summed E-state index contributed by atoms with van der Waals surface area (Å²) in [6.07, 6.45) is 1.46. The molecule has 0 aliphatic carbocycles. The summed E-state index contributed by atoms with van der Waals surface area (Å²) in [5, 5.41) is 0.942. The smallest absolute Gasteiger partial charge is 0.410 e. The van der Waals surface area contributed by atoms with Crippen LogP contribution in [0.2, 0.25) is 10.0 Å². The zero-order valence-corrected chi connectivity index (χ0v) is 14.8. The predicted octanol–water partition coefficient (Wildman–Crippen LogP) is 4.94. The largest absolute Gasteiger partial charge is 0.444 e. The summed E-state index contributed by atoms with van der Waals surface area (Å²) < 4.78 is 5.49. The highest BCUT2D eigenvalue weighted by Gasteiger charge is 2.34. The van der Waals surface area contributed by atoms with Crippen LogP contribution in [0.4, 0.5) is 4.79 Å². The van der Waals surface area contributed by atoms with Crippen molar-refractivity contribution < 1.29 is 9.53 Å². The lowest BCUT2D eigenvalue weighted by atomic mass is 10.2. The lowest BCUT2D eigenvalue weighted by molar-refractivity contribution is 0.0219. The number of ether oxygens (including phenoxy) is 1. The van der Waals surface area contributed by atoms with E-state index in [-0.39, 0.29) is 12.1 Å². The molecule has 2 heterocycles. The summed E-state index contributed by atoms with van der Waals surface area (Å²) in [5.74, 6) is 0.738. The molecule has 5 nitrogen and oxygen atoms in total. The molecule has 0 saturated carbocycles. The molecule has 1 aromatic heterocycles. The van der Waals surface area contributed by atoms with Crippen molar-refractivity contribution in [2.45, 2.75) is 45.3 Å². The van der Waals surface area contributed by atoms with Crippen LogP contribution in [-0.2, 0) is 4.74 Å². The number of imidazole rings is 1. The number of halogens is 2. The average Bonchev–Trinajstić information content (AvgIpc) is 3.03. The van der Waals surface area contributed by atoms with E-state index < -0.39 is 5.60 Å². The SMILES string of the molecule is CC(C)(C)OC(=O)N1CCC[C@H]1c1nc2cc(Cl)c(Cl)cc2[nH]1. The van der Waals surface area contributed by atoms with Crippen molar-refractivity contribution in [3.63, 3.8) is 0 Å². The fraction of sp³-hybridized carbons (Fsp3) is 0.500. The van der Waals surface area contributed by atoms with Gasteiger partial charge in [-0.05, 0) is 45.7 Å². The van der Waals surface area contributed by atoms with Crippen molar-refractivity contribution in [2.24, 2.45) is 0 Å². The van der Waals surface area contributed by atoms with Gasteiger partial charge >= 0.3 is 6.09 Å². The van der Waals surface area contributed by atoms with Crippen molar-refractivity contribution >= 4 is 40.3 Å². The Morgan fingerprint density at radius 3 is 2.74 bits per heavy atom. The first-order valence-electron chi connectivity index (χ1n) is 7.59. The number of carbonyl (C=O) groups excluding carboxylic acids is 1. The molecule has 0 radical (unpaired) electrons. The molecule has 7 heteroatoms. The molecule has 1 aromatic carbocycles. The average molecular weight is 356 g/mol. The maximum Gasteiger partial charge on any atom is 0.410 e. The summed E-state index contributed by atoms with van der Waals surface area (Å²) in [6, 6.07) is 3.36. The number of aromatic amines is 1. The number of likely N-dealkylation sites (tertiary alicyclic amines) is 1. The van der Waals surface area contributed by atoms with Gasteiger partial charge in [0.05, 0.1) is 27.1 Å². The van der Waals surface area contributed by atoms with Crippen LogP contribution >= 0.6 is 23.2 Å². The highest BCUT2D eigenvalue weighted by Crippen LogP contribution is 2.34. The molecular formula is C16H19Cl2N3O2. The number of hydrogen-bond donors (Lipinski definition) is 1. The highest BCUT2D eigenvalue weighted by molar-refractivity contribution is 6.42. The minimum Gasteiger partial charge on any atom is -0.444 e. The zero-order chi connectivity index (χ0) is 16.8. The van der Waals surface area contributed by atoms with Gasteiger partial charge in [-0.15, -0.1) is 0 Å². The summed E-state index contributed by atoms with van der Waals surface area (Å²) in [6.45, 7) is 6.25. The van der Waals surface area contributed by atoms with Crippen LogP contribution in [0.5, 0.6) is 0 Å². The van der Waals surface area contributed by atoms with E-state index in [1.165, 1.54) is 0 Å². The summed E-state index contributed by atoms with van der Waals surface area (Å²) in [5.41, 5.74) is 1.04. The number of carbonyl (C=O) groups is 1. The lowest BCUT2D eigenvalue weighted by Crippen LogP contribution is -2.36. The van der Waals surface area contributed by atoms with Crippen LogP contribution in [0.3, 0.4) is 0 Å². The number of H-pyrrole nitrogens is 1. The molecule has 1 N–H and O–H groups in total. The van der Waals surface area contributed by atoms with Crippen molar-refractivity contribution in [1.82, 2.24) is 14.9 Å². The third kappa shape index (κ3) is 3.40. The second-order valence-electron chi connectivity index (χ2n) is 6.74. The van der Waals surface area contributed by atoms with Crippen LogP contribution in [0.1, 0.15) is 45.5 Å². The number of aromatic nitrogens is 2. The number of nitrogens with zero attached hydrogens (tertiary/aromatic N) is 2. The van der Waals surface area contributed by atoms with Crippen LogP contribution in [0, 0.1) is 0 Å². The minimum absolute atomic E-state index is 0.116. The summed E-state index contributed by atoms with van der Waals surface area (Å²) in [7, 11) is 0. The van der Waals surface area contributed by atoms with Gasteiger partial charge in [0.2, 0.25) is 0 Å². The Hall–Kier alpha value is -1.46.